The second-order valence-electron chi connectivity index (χ2n) is 2.64. The van der Waals surface area contributed by atoms with E-state index in [1.54, 1.807) is 12.1 Å². The Kier molecular flexibility index (Phi) is 3.53. The summed E-state index contributed by atoms with van der Waals surface area (Å²) in [7, 11) is 0. The molecule has 0 bridgehead atoms. The molecule has 4 heteroatoms. The number of aromatic hydroxyl groups is 1. The predicted octanol–water partition coefficient (Wildman–Crippen LogP) is 1.90. The summed E-state index contributed by atoms with van der Waals surface area (Å²) in [6.45, 7) is 1.89. The standard InChI is InChI=1S/C9H10INO2/c1-6(10)11-9(13)7-2-4-8(12)5-3-7/h2-6,12H,1H3,(H,11,13). The number of rotatable bonds is 2. The smallest absolute Gasteiger partial charge is 0.252 e. The van der Waals surface area contributed by atoms with Gasteiger partial charge in [0, 0.05) is 5.56 Å². The van der Waals surface area contributed by atoms with Gasteiger partial charge in [-0.2, -0.15) is 0 Å². The lowest BCUT2D eigenvalue weighted by Gasteiger charge is -2.06. The highest BCUT2D eigenvalue weighted by molar-refractivity contribution is 14.1. The van der Waals surface area contributed by atoms with Gasteiger partial charge in [0.15, 0.2) is 0 Å². The Labute approximate surface area is 90.3 Å². The third kappa shape index (κ3) is 3.22. The molecule has 3 nitrogen and oxygen atoms in total. The Balaban J connectivity index is 2.72. The first-order valence-corrected chi connectivity index (χ1v) is 5.08. The van der Waals surface area contributed by atoms with Crippen molar-refractivity contribution in [2.24, 2.45) is 0 Å². The second-order valence-corrected chi connectivity index (χ2v) is 4.50. The number of nitrogens with one attached hydrogen (secondary N) is 1. The number of halogens is 1. The lowest BCUT2D eigenvalue weighted by Crippen LogP contribution is -2.27. The largest absolute Gasteiger partial charge is 0.508 e. The molecule has 0 fully saturated rings. The molecule has 1 aromatic carbocycles. The van der Waals surface area contributed by atoms with Crippen LogP contribution in [-0.4, -0.2) is 15.1 Å². The monoisotopic (exact) mass is 291 g/mol. The van der Waals surface area contributed by atoms with Crippen LogP contribution in [0.5, 0.6) is 5.75 Å². The molecule has 0 aromatic heterocycles. The lowest BCUT2D eigenvalue weighted by atomic mass is 10.2. The van der Waals surface area contributed by atoms with Gasteiger partial charge >= 0.3 is 0 Å². The number of benzene rings is 1. The molecule has 0 saturated carbocycles. The van der Waals surface area contributed by atoms with Crippen LogP contribution < -0.4 is 5.32 Å². The van der Waals surface area contributed by atoms with Crippen molar-refractivity contribution in [1.82, 2.24) is 5.32 Å². The summed E-state index contributed by atoms with van der Waals surface area (Å²) in [4.78, 5) is 11.4. The molecule has 0 radical (unpaired) electrons. The van der Waals surface area contributed by atoms with Crippen LogP contribution in [-0.2, 0) is 0 Å². The second kappa shape index (κ2) is 4.45. The van der Waals surface area contributed by atoms with Gasteiger partial charge in [0.05, 0.1) is 4.05 Å². The first-order valence-electron chi connectivity index (χ1n) is 3.83. The molecule has 0 aliphatic carbocycles. The average molecular weight is 291 g/mol. The highest BCUT2D eigenvalue weighted by atomic mass is 127. The third-order valence-electron chi connectivity index (χ3n) is 1.46. The van der Waals surface area contributed by atoms with Gasteiger partial charge < -0.3 is 10.4 Å². The van der Waals surface area contributed by atoms with Crippen LogP contribution in [0.25, 0.3) is 0 Å². The number of phenols is 1. The van der Waals surface area contributed by atoms with Crippen molar-refractivity contribution in [3.8, 4) is 5.75 Å². The zero-order valence-corrected chi connectivity index (χ0v) is 9.28. The van der Waals surface area contributed by atoms with Crippen LogP contribution in [0.15, 0.2) is 24.3 Å². The van der Waals surface area contributed by atoms with Crippen LogP contribution in [0.1, 0.15) is 17.3 Å². The Bertz CT molecular complexity index is 295. The highest BCUT2D eigenvalue weighted by Gasteiger charge is 2.06. The predicted molar refractivity (Wildman–Crippen MR) is 59.1 cm³/mol. The maximum absolute atomic E-state index is 11.4. The van der Waals surface area contributed by atoms with Crippen molar-refractivity contribution >= 4 is 28.5 Å². The fraction of sp³-hybridized carbons (Fsp3) is 0.222. The zero-order chi connectivity index (χ0) is 9.84. The van der Waals surface area contributed by atoms with Gasteiger partial charge in [-0.3, -0.25) is 4.79 Å². The molecule has 0 aliphatic rings. The normalized spacial score (nSPS) is 12.2. The van der Waals surface area contributed by atoms with Gasteiger partial charge in [0.2, 0.25) is 0 Å². The van der Waals surface area contributed by atoms with Crippen LogP contribution >= 0.6 is 22.6 Å². The number of alkyl halides is 1. The van der Waals surface area contributed by atoms with Gasteiger partial charge in [-0.05, 0) is 31.2 Å². The zero-order valence-electron chi connectivity index (χ0n) is 7.12. The van der Waals surface area contributed by atoms with Gasteiger partial charge in [-0.1, -0.05) is 22.6 Å². The summed E-state index contributed by atoms with van der Waals surface area (Å²) in [6.07, 6.45) is 0. The number of amides is 1. The van der Waals surface area contributed by atoms with E-state index in [9.17, 15) is 4.79 Å². The molecule has 1 aromatic rings. The number of carbonyl (C=O) groups is 1. The van der Waals surface area contributed by atoms with Crippen LogP contribution in [0.4, 0.5) is 0 Å². The van der Waals surface area contributed by atoms with Gasteiger partial charge in [0.25, 0.3) is 5.91 Å². The summed E-state index contributed by atoms with van der Waals surface area (Å²) >= 11 is 2.11. The van der Waals surface area contributed by atoms with E-state index in [-0.39, 0.29) is 15.7 Å². The third-order valence-corrected chi connectivity index (χ3v) is 1.77. The van der Waals surface area contributed by atoms with Gasteiger partial charge in [-0.15, -0.1) is 0 Å². The highest BCUT2D eigenvalue weighted by Crippen LogP contribution is 2.09. The maximum Gasteiger partial charge on any atom is 0.252 e. The maximum atomic E-state index is 11.4. The van der Waals surface area contributed by atoms with E-state index in [4.69, 9.17) is 5.11 Å². The summed E-state index contributed by atoms with van der Waals surface area (Å²) in [5, 5.41) is 11.7. The van der Waals surface area contributed by atoms with Crippen molar-refractivity contribution in [2.45, 2.75) is 11.0 Å². The molecule has 0 aliphatic heterocycles. The first kappa shape index (κ1) is 10.3. The van der Waals surface area contributed by atoms with Crippen LogP contribution in [0.3, 0.4) is 0 Å². The quantitative estimate of drug-likeness (QED) is 0.497. The molecule has 2 N–H and O–H groups in total. The Morgan fingerprint density at radius 2 is 2.00 bits per heavy atom. The molecular weight excluding hydrogens is 281 g/mol. The fourth-order valence-electron chi connectivity index (χ4n) is 0.877. The molecule has 0 spiro atoms. The van der Waals surface area contributed by atoms with Gasteiger partial charge in [-0.25, -0.2) is 0 Å². The van der Waals surface area contributed by atoms with Crippen molar-refractivity contribution in [3.63, 3.8) is 0 Å². The Morgan fingerprint density at radius 3 is 2.46 bits per heavy atom. The molecular formula is C9H10INO2. The van der Waals surface area contributed by atoms with E-state index >= 15 is 0 Å². The molecule has 1 amide bonds. The number of hydrogen-bond acceptors (Lipinski definition) is 2. The molecule has 0 heterocycles. The first-order chi connectivity index (χ1) is 6.09. The van der Waals surface area contributed by atoms with Crippen molar-refractivity contribution < 1.29 is 9.90 Å². The fourth-order valence-corrected chi connectivity index (χ4v) is 1.16. The molecule has 0 saturated heterocycles. The number of carbonyl (C=O) groups excluding carboxylic acids is 1. The molecule has 13 heavy (non-hydrogen) atoms. The summed E-state index contributed by atoms with van der Waals surface area (Å²) in [5.74, 6) is 0.0426. The summed E-state index contributed by atoms with van der Waals surface area (Å²) in [5.41, 5.74) is 0.557. The van der Waals surface area contributed by atoms with Gasteiger partial charge in [0.1, 0.15) is 5.75 Å². The topological polar surface area (TPSA) is 49.3 Å². The minimum Gasteiger partial charge on any atom is -0.508 e. The van der Waals surface area contributed by atoms with E-state index < -0.39 is 0 Å². The van der Waals surface area contributed by atoms with Crippen molar-refractivity contribution in [1.29, 1.82) is 0 Å². The van der Waals surface area contributed by atoms with Crippen molar-refractivity contribution in [2.75, 3.05) is 0 Å². The van der Waals surface area contributed by atoms with E-state index in [1.165, 1.54) is 12.1 Å². The molecule has 1 atom stereocenters. The minimum atomic E-state index is -0.123. The Hall–Kier alpha value is -0.780. The van der Waals surface area contributed by atoms with E-state index in [0.29, 0.717) is 5.56 Å². The van der Waals surface area contributed by atoms with E-state index in [1.807, 2.05) is 6.92 Å². The minimum absolute atomic E-state index is 0.0962. The average Bonchev–Trinajstić information content (AvgIpc) is 2.04. The molecule has 1 unspecified atom stereocenters. The number of phenolic OH excluding ortho intramolecular Hbond substituents is 1. The van der Waals surface area contributed by atoms with Crippen LogP contribution in [0.2, 0.25) is 0 Å². The number of hydrogen-bond donors (Lipinski definition) is 2. The molecule has 1 rings (SSSR count). The van der Waals surface area contributed by atoms with E-state index in [2.05, 4.69) is 27.9 Å². The lowest BCUT2D eigenvalue weighted by molar-refractivity contribution is 0.0953. The van der Waals surface area contributed by atoms with E-state index in [0.717, 1.165) is 0 Å². The SMILES string of the molecule is CC(I)NC(=O)c1ccc(O)cc1. The van der Waals surface area contributed by atoms with Crippen molar-refractivity contribution in [3.05, 3.63) is 29.8 Å². The Morgan fingerprint density at radius 1 is 1.46 bits per heavy atom. The van der Waals surface area contributed by atoms with Crippen LogP contribution in [0, 0.1) is 0 Å². The summed E-state index contributed by atoms with van der Waals surface area (Å²) in [6, 6.07) is 6.16. The summed E-state index contributed by atoms with van der Waals surface area (Å²) < 4.78 is 0.0962. The molecule has 70 valence electrons.